The van der Waals surface area contributed by atoms with Gasteiger partial charge in [-0.25, -0.2) is 0 Å². The zero-order chi connectivity index (χ0) is 28.4. The molecular formula is C24H19F6N3O5. The second-order valence-electron chi connectivity index (χ2n) is 7.83. The second-order valence-corrected chi connectivity index (χ2v) is 7.83. The maximum Gasteiger partial charge on any atom is 0.573 e. The predicted octanol–water partition coefficient (Wildman–Crippen LogP) is 5.77. The van der Waals surface area contributed by atoms with E-state index in [4.69, 9.17) is 15.2 Å². The Kier molecular flexibility index (Phi) is 7.74. The molecule has 2 aromatic carbocycles. The molecule has 1 heterocycles. The van der Waals surface area contributed by atoms with Crippen LogP contribution in [0.2, 0.25) is 0 Å². The van der Waals surface area contributed by atoms with Gasteiger partial charge in [-0.2, -0.15) is 13.2 Å². The predicted molar refractivity (Wildman–Crippen MR) is 121 cm³/mol. The van der Waals surface area contributed by atoms with Crippen LogP contribution < -0.4 is 25.3 Å². The summed E-state index contributed by atoms with van der Waals surface area (Å²) in [6.45, 7) is 2.79. The van der Waals surface area contributed by atoms with Crippen molar-refractivity contribution in [2.75, 3.05) is 12.4 Å². The Hall–Kier alpha value is -4.49. The number of pyridine rings is 1. The molecule has 0 radical (unpaired) electrons. The summed E-state index contributed by atoms with van der Waals surface area (Å²) in [5, 5.41) is 2.49. The summed E-state index contributed by atoms with van der Waals surface area (Å²) in [5.41, 5.74) is 3.96. The summed E-state index contributed by atoms with van der Waals surface area (Å²) in [7, 11) is 1.09. The largest absolute Gasteiger partial charge is 0.573 e. The first-order valence-electron chi connectivity index (χ1n) is 10.5. The van der Waals surface area contributed by atoms with Crippen molar-refractivity contribution in [1.82, 2.24) is 4.98 Å². The molecule has 0 unspecified atom stereocenters. The number of nitrogens with two attached hydrogens (primary N) is 1. The van der Waals surface area contributed by atoms with E-state index >= 15 is 0 Å². The molecule has 202 valence electrons. The van der Waals surface area contributed by atoms with Crippen molar-refractivity contribution in [2.45, 2.75) is 26.4 Å². The fourth-order valence-electron chi connectivity index (χ4n) is 3.32. The molecule has 3 N–H and O–H groups in total. The first-order valence-corrected chi connectivity index (χ1v) is 10.5. The third kappa shape index (κ3) is 6.63. The second kappa shape index (κ2) is 10.5. The van der Waals surface area contributed by atoms with E-state index in [1.807, 2.05) is 0 Å². The lowest BCUT2D eigenvalue weighted by Crippen LogP contribution is -2.19. The number of ether oxygens (including phenoxy) is 3. The van der Waals surface area contributed by atoms with Crippen LogP contribution in [0.15, 0.2) is 42.6 Å². The maximum atomic E-state index is 13.5. The van der Waals surface area contributed by atoms with Crippen molar-refractivity contribution in [3.8, 4) is 23.0 Å². The van der Waals surface area contributed by atoms with Crippen LogP contribution in [-0.2, 0) is 6.18 Å². The number of nitrogens with zero attached hydrogens (tertiary/aromatic N) is 1. The fraction of sp³-hybridized carbons (Fsp3) is 0.208. The number of hydrogen-bond donors (Lipinski definition) is 2. The number of carbonyl (C=O) groups is 2. The molecule has 0 bridgehead atoms. The maximum absolute atomic E-state index is 13.5. The Morgan fingerprint density at radius 1 is 0.921 bits per heavy atom. The van der Waals surface area contributed by atoms with E-state index in [0.29, 0.717) is 11.6 Å². The zero-order valence-electron chi connectivity index (χ0n) is 19.9. The number of rotatable bonds is 7. The third-order valence-electron chi connectivity index (χ3n) is 5.05. The van der Waals surface area contributed by atoms with E-state index in [9.17, 15) is 35.9 Å². The number of primary amides is 1. The number of hydrogen-bond acceptors (Lipinski definition) is 6. The van der Waals surface area contributed by atoms with Crippen LogP contribution in [0.1, 0.15) is 37.5 Å². The van der Waals surface area contributed by atoms with Crippen LogP contribution in [0.3, 0.4) is 0 Å². The summed E-state index contributed by atoms with van der Waals surface area (Å²) >= 11 is 0. The van der Waals surface area contributed by atoms with Crippen LogP contribution in [-0.4, -0.2) is 30.3 Å². The smallest absolute Gasteiger partial charge is 0.493 e. The van der Waals surface area contributed by atoms with Gasteiger partial charge in [0.25, 0.3) is 11.8 Å². The van der Waals surface area contributed by atoms with Crippen molar-refractivity contribution in [3.05, 3.63) is 70.5 Å². The van der Waals surface area contributed by atoms with E-state index in [-0.39, 0.29) is 34.0 Å². The van der Waals surface area contributed by atoms with Gasteiger partial charge in [0, 0.05) is 18.0 Å². The molecule has 3 aromatic rings. The lowest BCUT2D eigenvalue weighted by molar-refractivity contribution is -0.274. The highest BCUT2D eigenvalue weighted by Gasteiger charge is 2.34. The third-order valence-corrected chi connectivity index (χ3v) is 5.05. The van der Waals surface area contributed by atoms with E-state index in [0.717, 1.165) is 31.4 Å². The number of amides is 2. The molecule has 3 rings (SSSR count). The summed E-state index contributed by atoms with van der Waals surface area (Å²) in [6, 6.07) is 5.14. The van der Waals surface area contributed by atoms with E-state index in [2.05, 4.69) is 15.0 Å². The minimum atomic E-state index is -5.00. The van der Waals surface area contributed by atoms with E-state index in [1.54, 1.807) is 6.92 Å². The molecule has 0 fully saturated rings. The number of alkyl halides is 6. The van der Waals surface area contributed by atoms with Crippen LogP contribution in [0.25, 0.3) is 0 Å². The molecule has 0 spiro atoms. The molecule has 0 aliphatic carbocycles. The summed E-state index contributed by atoms with van der Waals surface area (Å²) in [5.74, 6) is -3.64. The number of halogens is 6. The molecule has 14 heteroatoms. The normalized spacial score (nSPS) is 11.6. The molecule has 8 nitrogen and oxygen atoms in total. The Morgan fingerprint density at radius 3 is 2.18 bits per heavy atom. The van der Waals surface area contributed by atoms with Gasteiger partial charge in [0.1, 0.15) is 17.2 Å². The van der Waals surface area contributed by atoms with Crippen molar-refractivity contribution in [1.29, 1.82) is 0 Å². The Bertz CT molecular complexity index is 1390. The van der Waals surface area contributed by atoms with Crippen LogP contribution >= 0.6 is 0 Å². The minimum Gasteiger partial charge on any atom is -0.493 e. The average Bonchev–Trinajstić information content (AvgIpc) is 2.79. The van der Waals surface area contributed by atoms with Crippen LogP contribution in [0.4, 0.5) is 32.0 Å². The van der Waals surface area contributed by atoms with E-state index < -0.39 is 41.4 Å². The number of aromatic nitrogens is 1. The molecule has 38 heavy (non-hydrogen) atoms. The topological polar surface area (TPSA) is 113 Å². The molecule has 2 amide bonds. The number of nitrogens with one attached hydrogen (secondary N) is 1. The molecule has 1 aromatic heterocycles. The number of aryl methyl sites for hydroxylation is 2. The highest BCUT2D eigenvalue weighted by molar-refractivity contribution is 6.08. The number of carbonyl (C=O) groups excluding carboxylic acids is 2. The molecular weight excluding hydrogens is 524 g/mol. The van der Waals surface area contributed by atoms with Gasteiger partial charge in [-0.3, -0.25) is 14.6 Å². The Morgan fingerprint density at radius 2 is 1.61 bits per heavy atom. The Labute approximate surface area is 211 Å². The monoisotopic (exact) mass is 543 g/mol. The van der Waals surface area contributed by atoms with Gasteiger partial charge >= 0.3 is 12.5 Å². The van der Waals surface area contributed by atoms with Gasteiger partial charge in [0.15, 0.2) is 11.5 Å². The molecule has 0 saturated carbocycles. The molecule has 0 aliphatic rings. The standard InChI is InChI=1S/C24H19F6N3O5/c1-11-6-13(23(25,26)27)7-19(37-17-5-4-14(8-18(17)36-3)38-24(28,29)30)20(11)22(35)33-15-9-16(21(31)34)32-10-12(15)2/h4-10H,1-3H3,(H2,31,34)(H,32,33,35). The lowest BCUT2D eigenvalue weighted by atomic mass is 10.0. The van der Waals surface area contributed by atoms with Gasteiger partial charge in [0.2, 0.25) is 0 Å². The average molecular weight is 543 g/mol. The van der Waals surface area contributed by atoms with Gasteiger partial charge in [0.05, 0.1) is 18.2 Å². The first kappa shape index (κ1) is 28.1. The number of benzene rings is 2. The SMILES string of the molecule is COc1cc(OC(F)(F)F)ccc1Oc1cc(C(F)(F)F)cc(C)c1C(=O)Nc1cc(C(N)=O)ncc1C. The summed E-state index contributed by atoms with van der Waals surface area (Å²) < 4.78 is 92.7. The van der Waals surface area contributed by atoms with Gasteiger partial charge < -0.3 is 25.3 Å². The van der Waals surface area contributed by atoms with Crippen LogP contribution in [0, 0.1) is 13.8 Å². The first-order chi connectivity index (χ1) is 17.6. The zero-order valence-corrected chi connectivity index (χ0v) is 19.9. The molecule has 0 atom stereocenters. The molecule has 0 aliphatic heterocycles. The number of methoxy groups -OCH3 is 1. The summed E-state index contributed by atoms with van der Waals surface area (Å²) in [6.07, 6.45) is -8.55. The van der Waals surface area contributed by atoms with Crippen molar-refractivity contribution < 1.29 is 50.1 Å². The highest BCUT2D eigenvalue weighted by atomic mass is 19.4. The van der Waals surface area contributed by atoms with Crippen molar-refractivity contribution in [3.63, 3.8) is 0 Å². The van der Waals surface area contributed by atoms with Crippen LogP contribution in [0.5, 0.6) is 23.0 Å². The summed E-state index contributed by atoms with van der Waals surface area (Å²) in [4.78, 5) is 28.5. The van der Waals surface area contributed by atoms with Gasteiger partial charge in [-0.1, -0.05) is 0 Å². The lowest BCUT2D eigenvalue weighted by Gasteiger charge is -2.19. The van der Waals surface area contributed by atoms with Gasteiger partial charge in [-0.05, 0) is 55.3 Å². The van der Waals surface area contributed by atoms with E-state index in [1.165, 1.54) is 19.2 Å². The quantitative estimate of drug-likeness (QED) is 0.366. The highest BCUT2D eigenvalue weighted by Crippen LogP contribution is 2.41. The van der Waals surface area contributed by atoms with Crippen molar-refractivity contribution in [2.24, 2.45) is 5.73 Å². The molecule has 0 saturated heterocycles. The Balaban J connectivity index is 2.08. The van der Waals surface area contributed by atoms with Crippen molar-refractivity contribution >= 4 is 17.5 Å². The van der Waals surface area contributed by atoms with Gasteiger partial charge in [-0.15, -0.1) is 13.2 Å². The minimum absolute atomic E-state index is 0.107. The number of anilines is 1. The fourth-order valence-corrected chi connectivity index (χ4v) is 3.32.